The number of nitrogens with one attached hydrogen (secondary N) is 1. The Morgan fingerprint density at radius 3 is 2.91 bits per heavy atom. The topological polar surface area (TPSA) is 69.4 Å². The van der Waals surface area contributed by atoms with Crippen LogP contribution in [0.25, 0.3) is 11.4 Å². The van der Waals surface area contributed by atoms with E-state index in [1.54, 1.807) is 26.4 Å². The Morgan fingerprint density at radius 1 is 1.35 bits per heavy atom. The molecule has 1 aliphatic heterocycles. The van der Waals surface area contributed by atoms with E-state index in [-0.39, 0.29) is 0 Å². The van der Waals surface area contributed by atoms with E-state index in [9.17, 15) is 0 Å². The first-order valence-electron chi connectivity index (χ1n) is 7.66. The van der Waals surface area contributed by atoms with E-state index in [2.05, 4.69) is 15.5 Å². The number of rotatable bonds is 6. The molecule has 2 aromatic rings. The first kappa shape index (κ1) is 16.1. The molecule has 0 bridgehead atoms. The van der Waals surface area contributed by atoms with E-state index in [1.807, 2.05) is 0 Å². The van der Waals surface area contributed by atoms with Crippen molar-refractivity contribution in [3.8, 4) is 22.9 Å². The predicted molar refractivity (Wildman–Crippen MR) is 87.1 cm³/mol. The van der Waals surface area contributed by atoms with Crippen molar-refractivity contribution in [2.45, 2.75) is 19.3 Å². The van der Waals surface area contributed by atoms with Crippen LogP contribution in [-0.2, 0) is 6.42 Å². The summed E-state index contributed by atoms with van der Waals surface area (Å²) in [6.45, 7) is 2.18. The van der Waals surface area contributed by atoms with Gasteiger partial charge in [-0.25, -0.2) is 0 Å². The molecular formula is C16H20ClN3O3. The maximum Gasteiger partial charge on any atom is 0.226 e. The Bertz CT molecular complexity index is 669. The smallest absolute Gasteiger partial charge is 0.226 e. The van der Waals surface area contributed by atoms with Crippen molar-refractivity contribution >= 4 is 11.6 Å². The Balaban J connectivity index is 1.75. The van der Waals surface area contributed by atoms with Crippen molar-refractivity contribution in [3.05, 3.63) is 23.0 Å². The van der Waals surface area contributed by atoms with Crippen LogP contribution in [0.4, 0.5) is 0 Å². The minimum Gasteiger partial charge on any atom is -0.493 e. The van der Waals surface area contributed by atoms with Gasteiger partial charge in [-0.15, -0.1) is 0 Å². The lowest BCUT2D eigenvalue weighted by Crippen LogP contribution is -2.09. The van der Waals surface area contributed by atoms with Gasteiger partial charge in [-0.1, -0.05) is 16.8 Å². The van der Waals surface area contributed by atoms with Gasteiger partial charge in [-0.2, -0.15) is 4.98 Å². The number of hydrogen-bond donors (Lipinski definition) is 1. The Labute approximate surface area is 140 Å². The van der Waals surface area contributed by atoms with Gasteiger partial charge in [-0.3, -0.25) is 0 Å². The number of benzene rings is 1. The van der Waals surface area contributed by atoms with Gasteiger partial charge < -0.3 is 19.3 Å². The molecule has 124 valence electrons. The molecule has 1 atom stereocenters. The molecule has 1 N–H and O–H groups in total. The Kier molecular flexibility index (Phi) is 5.03. The third kappa shape index (κ3) is 3.59. The Hall–Kier alpha value is -1.79. The summed E-state index contributed by atoms with van der Waals surface area (Å²) < 4.78 is 15.9. The van der Waals surface area contributed by atoms with Gasteiger partial charge in [0.1, 0.15) is 0 Å². The molecule has 0 aliphatic carbocycles. The number of halogens is 1. The number of aryl methyl sites for hydroxylation is 1. The molecular weight excluding hydrogens is 318 g/mol. The Morgan fingerprint density at radius 2 is 2.22 bits per heavy atom. The van der Waals surface area contributed by atoms with E-state index < -0.39 is 0 Å². The van der Waals surface area contributed by atoms with Gasteiger partial charge in [-0.05, 0) is 44.0 Å². The molecule has 1 saturated heterocycles. The van der Waals surface area contributed by atoms with Crippen molar-refractivity contribution in [1.29, 1.82) is 0 Å². The summed E-state index contributed by atoms with van der Waals surface area (Å²) in [6.07, 6.45) is 3.06. The second kappa shape index (κ2) is 7.19. The van der Waals surface area contributed by atoms with Crippen molar-refractivity contribution in [3.63, 3.8) is 0 Å². The number of nitrogens with zero attached hydrogens (tertiary/aromatic N) is 2. The highest BCUT2D eigenvalue weighted by Gasteiger charge is 2.18. The minimum absolute atomic E-state index is 0.449. The standard InChI is InChI=1S/C16H20ClN3O3/c1-21-13-8-11(7-12(17)15(13)22-2)16-19-14(23-20-16)4-3-10-5-6-18-9-10/h7-8,10,18H,3-6,9H2,1-2H3. The molecule has 3 rings (SSSR count). The van der Waals surface area contributed by atoms with E-state index in [1.165, 1.54) is 6.42 Å². The fourth-order valence-electron chi connectivity index (χ4n) is 2.81. The molecule has 7 heteroatoms. The van der Waals surface area contributed by atoms with Crippen LogP contribution in [0.5, 0.6) is 11.5 Å². The van der Waals surface area contributed by atoms with Crippen molar-refractivity contribution < 1.29 is 14.0 Å². The minimum atomic E-state index is 0.449. The zero-order chi connectivity index (χ0) is 16.2. The van der Waals surface area contributed by atoms with Gasteiger partial charge in [0.2, 0.25) is 11.7 Å². The zero-order valence-electron chi connectivity index (χ0n) is 13.3. The van der Waals surface area contributed by atoms with E-state index in [0.717, 1.165) is 31.5 Å². The average Bonchev–Trinajstić information content (AvgIpc) is 3.23. The molecule has 0 amide bonds. The lowest BCUT2D eigenvalue weighted by molar-refractivity contribution is 0.355. The third-order valence-electron chi connectivity index (χ3n) is 4.09. The molecule has 23 heavy (non-hydrogen) atoms. The first-order valence-corrected chi connectivity index (χ1v) is 8.04. The van der Waals surface area contributed by atoms with Gasteiger partial charge in [0, 0.05) is 12.0 Å². The highest BCUT2D eigenvalue weighted by atomic mass is 35.5. The van der Waals surface area contributed by atoms with Crippen LogP contribution < -0.4 is 14.8 Å². The molecule has 0 saturated carbocycles. The highest BCUT2D eigenvalue weighted by Crippen LogP contribution is 2.38. The SMILES string of the molecule is COc1cc(-c2noc(CCC3CCNC3)n2)cc(Cl)c1OC. The molecule has 1 aromatic heterocycles. The van der Waals surface area contributed by atoms with E-state index in [0.29, 0.717) is 34.2 Å². The van der Waals surface area contributed by atoms with Gasteiger partial charge in [0.25, 0.3) is 0 Å². The van der Waals surface area contributed by atoms with Crippen LogP contribution in [0, 0.1) is 5.92 Å². The zero-order valence-corrected chi connectivity index (χ0v) is 14.0. The molecule has 0 spiro atoms. The van der Waals surface area contributed by atoms with Crippen molar-refractivity contribution in [2.24, 2.45) is 5.92 Å². The van der Waals surface area contributed by atoms with Crippen molar-refractivity contribution in [1.82, 2.24) is 15.5 Å². The maximum absolute atomic E-state index is 6.22. The predicted octanol–water partition coefficient (Wildman–Crippen LogP) is 2.95. The molecule has 0 radical (unpaired) electrons. The van der Waals surface area contributed by atoms with Gasteiger partial charge >= 0.3 is 0 Å². The number of methoxy groups -OCH3 is 2. The second-order valence-corrected chi connectivity index (χ2v) is 6.01. The lowest BCUT2D eigenvalue weighted by atomic mass is 10.0. The van der Waals surface area contributed by atoms with Crippen LogP contribution in [0.15, 0.2) is 16.7 Å². The first-order chi connectivity index (χ1) is 11.2. The van der Waals surface area contributed by atoms with Crippen LogP contribution in [0.3, 0.4) is 0 Å². The molecule has 2 heterocycles. The van der Waals surface area contributed by atoms with Crippen molar-refractivity contribution in [2.75, 3.05) is 27.3 Å². The largest absolute Gasteiger partial charge is 0.493 e. The summed E-state index contributed by atoms with van der Waals surface area (Å²) in [5, 5.41) is 7.86. The number of aromatic nitrogens is 2. The molecule has 1 aliphatic rings. The lowest BCUT2D eigenvalue weighted by Gasteiger charge is -2.10. The quantitative estimate of drug-likeness (QED) is 0.874. The van der Waals surface area contributed by atoms with Gasteiger partial charge in [0.15, 0.2) is 11.5 Å². The summed E-state index contributed by atoms with van der Waals surface area (Å²) in [6, 6.07) is 3.54. The molecule has 1 aromatic carbocycles. The van der Waals surface area contributed by atoms with Crippen LogP contribution in [0.1, 0.15) is 18.7 Å². The summed E-state index contributed by atoms with van der Waals surface area (Å²) in [5.74, 6) is 2.89. The van der Waals surface area contributed by atoms with Crippen LogP contribution in [-0.4, -0.2) is 37.4 Å². The molecule has 1 unspecified atom stereocenters. The monoisotopic (exact) mass is 337 g/mol. The number of ether oxygens (including phenoxy) is 2. The molecule has 6 nitrogen and oxygen atoms in total. The molecule has 1 fully saturated rings. The highest BCUT2D eigenvalue weighted by molar-refractivity contribution is 6.32. The van der Waals surface area contributed by atoms with E-state index >= 15 is 0 Å². The van der Waals surface area contributed by atoms with Crippen LogP contribution in [0.2, 0.25) is 5.02 Å². The summed E-state index contributed by atoms with van der Waals surface area (Å²) in [5.41, 5.74) is 0.741. The maximum atomic E-state index is 6.22. The summed E-state index contributed by atoms with van der Waals surface area (Å²) >= 11 is 6.22. The average molecular weight is 338 g/mol. The number of hydrogen-bond acceptors (Lipinski definition) is 6. The van der Waals surface area contributed by atoms with Crippen LogP contribution >= 0.6 is 11.6 Å². The van der Waals surface area contributed by atoms with Gasteiger partial charge in [0.05, 0.1) is 19.2 Å². The fraction of sp³-hybridized carbons (Fsp3) is 0.500. The summed E-state index contributed by atoms with van der Waals surface area (Å²) in [4.78, 5) is 4.46. The summed E-state index contributed by atoms with van der Waals surface area (Å²) in [7, 11) is 3.11. The third-order valence-corrected chi connectivity index (χ3v) is 4.37. The second-order valence-electron chi connectivity index (χ2n) is 5.60. The fourth-order valence-corrected chi connectivity index (χ4v) is 3.10. The normalized spacial score (nSPS) is 17.4. The van der Waals surface area contributed by atoms with E-state index in [4.69, 9.17) is 25.6 Å².